The quantitative estimate of drug-likeness (QED) is 0.734. The highest BCUT2D eigenvalue weighted by molar-refractivity contribution is 5.35. The van der Waals surface area contributed by atoms with E-state index < -0.39 is 0 Å². The van der Waals surface area contributed by atoms with Gasteiger partial charge in [-0.2, -0.15) is 0 Å². The number of alkyl halides is 1. The molecule has 2 nitrogen and oxygen atoms in total. The molecule has 0 aliphatic heterocycles. The van der Waals surface area contributed by atoms with Crippen molar-refractivity contribution >= 4 is 0 Å². The van der Waals surface area contributed by atoms with E-state index in [1.54, 1.807) is 0 Å². The van der Waals surface area contributed by atoms with Crippen molar-refractivity contribution < 1.29 is 9.13 Å². The lowest BCUT2D eigenvalue weighted by Gasteiger charge is -2.15. The molecule has 1 aromatic carbocycles. The van der Waals surface area contributed by atoms with Crippen LogP contribution in [0.1, 0.15) is 31.4 Å². The van der Waals surface area contributed by atoms with Crippen LogP contribution in [-0.2, 0) is 0 Å². The average molecular weight is 211 g/mol. The Kier molecular flexibility index (Phi) is 5.12. The Morgan fingerprint density at radius 2 is 2.13 bits per heavy atom. The van der Waals surface area contributed by atoms with Gasteiger partial charge in [0.15, 0.2) is 0 Å². The third-order valence-corrected chi connectivity index (χ3v) is 2.29. The lowest BCUT2D eigenvalue weighted by molar-refractivity contribution is 0.285. The highest BCUT2D eigenvalue weighted by atomic mass is 19.1. The van der Waals surface area contributed by atoms with Gasteiger partial charge in [0.25, 0.3) is 0 Å². The summed E-state index contributed by atoms with van der Waals surface area (Å²) in [4.78, 5) is 0. The van der Waals surface area contributed by atoms with Crippen molar-refractivity contribution in [3.8, 4) is 5.75 Å². The predicted molar refractivity (Wildman–Crippen MR) is 59.7 cm³/mol. The number of nitrogens with two attached hydrogens (primary N) is 1. The topological polar surface area (TPSA) is 35.2 Å². The number of hydrogen-bond donors (Lipinski definition) is 1. The van der Waals surface area contributed by atoms with Crippen LogP contribution in [0.15, 0.2) is 24.3 Å². The van der Waals surface area contributed by atoms with E-state index in [1.165, 1.54) is 0 Å². The third kappa shape index (κ3) is 3.51. The first-order valence-corrected chi connectivity index (χ1v) is 5.32. The van der Waals surface area contributed by atoms with Crippen molar-refractivity contribution in [2.45, 2.75) is 25.8 Å². The first kappa shape index (κ1) is 12.0. The van der Waals surface area contributed by atoms with Gasteiger partial charge in [-0.15, -0.1) is 0 Å². The van der Waals surface area contributed by atoms with Crippen LogP contribution in [0.3, 0.4) is 0 Å². The maximum absolute atomic E-state index is 11.9. The zero-order valence-corrected chi connectivity index (χ0v) is 9.08. The first-order chi connectivity index (χ1) is 7.29. The molecule has 0 aliphatic carbocycles. The Hall–Kier alpha value is -1.09. The molecule has 1 aromatic rings. The highest BCUT2D eigenvalue weighted by Gasteiger charge is 2.09. The molecule has 0 fully saturated rings. The number of benzene rings is 1. The Morgan fingerprint density at radius 1 is 1.40 bits per heavy atom. The molecule has 0 aliphatic rings. The summed E-state index contributed by atoms with van der Waals surface area (Å²) >= 11 is 0. The predicted octanol–water partition coefficient (Wildman–Crippen LogP) is 2.83. The van der Waals surface area contributed by atoms with E-state index in [1.807, 2.05) is 31.2 Å². The molecule has 15 heavy (non-hydrogen) atoms. The van der Waals surface area contributed by atoms with Crippen molar-refractivity contribution in [3.05, 3.63) is 29.8 Å². The second kappa shape index (κ2) is 6.40. The van der Waals surface area contributed by atoms with Gasteiger partial charge in [-0.05, 0) is 12.5 Å². The molecule has 0 saturated heterocycles. The largest absolute Gasteiger partial charge is 0.493 e. The van der Waals surface area contributed by atoms with E-state index in [0.29, 0.717) is 13.0 Å². The van der Waals surface area contributed by atoms with Gasteiger partial charge < -0.3 is 10.5 Å². The smallest absolute Gasteiger partial charge is 0.124 e. The molecular weight excluding hydrogens is 193 g/mol. The summed E-state index contributed by atoms with van der Waals surface area (Å²) in [5.41, 5.74) is 6.94. The lowest BCUT2D eigenvalue weighted by Crippen LogP contribution is -2.11. The van der Waals surface area contributed by atoms with Gasteiger partial charge in [-0.3, -0.25) is 4.39 Å². The summed E-state index contributed by atoms with van der Waals surface area (Å²) in [5, 5.41) is 0. The van der Waals surface area contributed by atoms with E-state index in [9.17, 15) is 4.39 Å². The molecule has 84 valence electrons. The molecule has 0 aromatic heterocycles. The molecule has 0 bridgehead atoms. The van der Waals surface area contributed by atoms with E-state index in [4.69, 9.17) is 10.5 Å². The SMILES string of the molecule is CCC(N)c1ccccc1OCCCF. The van der Waals surface area contributed by atoms with E-state index in [2.05, 4.69) is 0 Å². The van der Waals surface area contributed by atoms with Crippen LogP contribution in [-0.4, -0.2) is 13.3 Å². The number of rotatable bonds is 6. The summed E-state index contributed by atoms with van der Waals surface area (Å²) < 4.78 is 17.4. The monoisotopic (exact) mass is 211 g/mol. The minimum atomic E-state index is -0.345. The fourth-order valence-corrected chi connectivity index (χ4v) is 1.37. The van der Waals surface area contributed by atoms with Gasteiger partial charge in [0.05, 0.1) is 13.3 Å². The molecule has 1 atom stereocenters. The van der Waals surface area contributed by atoms with Crippen LogP contribution in [0.2, 0.25) is 0 Å². The molecule has 0 heterocycles. The average Bonchev–Trinajstić information content (AvgIpc) is 2.29. The van der Waals surface area contributed by atoms with Gasteiger partial charge in [0.2, 0.25) is 0 Å². The molecule has 0 spiro atoms. The number of ether oxygens (including phenoxy) is 1. The van der Waals surface area contributed by atoms with Crippen molar-refractivity contribution in [3.63, 3.8) is 0 Å². The summed E-state index contributed by atoms with van der Waals surface area (Å²) in [6.07, 6.45) is 1.29. The summed E-state index contributed by atoms with van der Waals surface area (Å²) in [6.45, 7) is 2.09. The molecule has 3 heteroatoms. The summed E-state index contributed by atoms with van der Waals surface area (Å²) in [7, 11) is 0. The standard InChI is InChI=1S/C12H18FNO/c1-2-11(14)10-6-3-4-7-12(10)15-9-5-8-13/h3-4,6-7,11H,2,5,8-9,14H2,1H3. The van der Waals surface area contributed by atoms with Gasteiger partial charge in [0, 0.05) is 18.0 Å². The highest BCUT2D eigenvalue weighted by Crippen LogP contribution is 2.25. The van der Waals surface area contributed by atoms with Crippen LogP contribution in [0.4, 0.5) is 4.39 Å². The Bertz CT molecular complexity index is 291. The van der Waals surface area contributed by atoms with Crippen LogP contribution < -0.4 is 10.5 Å². The maximum atomic E-state index is 11.9. The second-order valence-electron chi connectivity index (χ2n) is 3.44. The van der Waals surface area contributed by atoms with Crippen molar-refractivity contribution in [2.24, 2.45) is 5.73 Å². The normalized spacial score (nSPS) is 12.5. The molecule has 0 amide bonds. The maximum Gasteiger partial charge on any atom is 0.124 e. The van der Waals surface area contributed by atoms with E-state index in [-0.39, 0.29) is 12.7 Å². The fraction of sp³-hybridized carbons (Fsp3) is 0.500. The Balaban J connectivity index is 2.68. The van der Waals surface area contributed by atoms with Gasteiger partial charge >= 0.3 is 0 Å². The molecule has 1 rings (SSSR count). The molecular formula is C12H18FNO. The minimum Gasteiger partial charge on any atom is -0.493 e. The molecule has 1 unspecified atom stereocenters. The Labute approximate surface area is 90.2 Å². The van der Waals surface area contributed by atoms with E-state index in [0.717, 1.165) is 17.7 Å². The summed E-state index contributed by atoms with van der Waals surface area (Å²) in [5.74, 6) is 0.778. The number of para-hydroxylation sites is 1. The van der Waals surface area contributed by atoms with Crippen LogP contribution >= 0.6 is 0 Å². The molecule has 0 saturated carbocycles. The third-order valence-electron chi connectivity index (χ3n) is 2.29. The van der Waals surface area contributed by atoms with Crippen molar-refractivity contribution in [1.82, 2.24) is 0 Å². The van der Waals surface area contributed by atoms with Crippen molar-refractivity contribution in [1.29, 1.82) is 0 Å². The second-order valence-corrected chi connectivity index (χ2v) is 3.44. The zero-order valence-electron chi connectivity index (χ0n) is 9.08. The number of hydrogen-bond acceptors (Lipinski definition) is 2. The van der Waals surface area contributed by atoms with E-state index >= 15 is 0 Å². The zero-order chi connectivity index (χ0) is 11.1. The fourth-order valence-electron chi connectivity index (χ4n) is 1.37. The summed E-state index contributed by atoms with van der Waals surface area (Å²) in [6, 6.07) is 7.66. The Morgan fingerprint density at radius 3 is 2.80 bits per heavy atom. The molecule has 2 N–H and O–H groups in total. The van der Waals surface area contributed by atoms with Crippen LogP contribution in [0, 0.1) is 0 Å². The minimum absolute atomic E-state index is 0.00780. The molecule has 0 radical (unpaired) electrons. The van der Waals surface area contributed by atoms with Gasteiger partial charge in [-0.25, -0.2) is 0 Å². The van der Waals surface area contributed by atoms with Gasteiger partial charge in [0.1, 0.15) is 5.75 Å². The first-order valence-electron chi connectivity index (χ1n) is 5.32. The van der Waals surface area contributed by atoms with Crippen molar-refractivity contribution in [2.75, 3.05) is 13.3 Å². The van der Waals surface area contributed by atoms with Gasteiger partial charge in [-0.1, -0.05) is 25.1 Å². The van der Waals surface area contributed by atoms with Crippen LogP contribution in [0.25, 0.3) is 0 Å². The number of halogens is 1. The lowest BCUT2D eigenvalue weighted by atomic mass is 10.0. The van der Waals surface area contributed by atoms with Crippen LogP contribution in [0.5, 0.6) is 5.75 Å².